The van der Waals surface area contributed by atoms with E-state index in [1.807, 2.05) is 0 Å². The number of amides is 2. The van der Waals surface area contributed by atoms with Crippen LogP contribution in [0.4, 0.5) is 4.79 Å². The zero-order chi connectivity index (χ0) is 12.3. The maximum Gasteiger partial charge on any atom is 0.326 e. The van der Waals surface area contributed by atoms with Gasteiger partial charge in [-0.25, -0.2) is 9.59 Å². The highest BCUT2D eigenvalue weighted by Crippen LogP contribution is 2.15. The number of aliphatic carboxylic acids is 1. The molecule has 1 heterocycles. The number of nitrogens with zero attached hydrogens (tertiary/aromatic N) is 1. The zero-order valence-corrected chi connectivity index (χ0v) is 10.1. The topological polar surface area (TPSA) is 69.6 Å². The highest BCUT2D eigenvalue weighted by Gasteiger charge is 2.28. The maximum absolute atomic E-state index is 11.8. The van der Waals surface area contributed by atoms with E-state index in [9.17, 15) is 9.59 Å². The normalized spacial score (nSPS) is 22.2. The molecule has 5 heteroatoms. The molecule has 0 aromatic carbocycles. The van der Waals surface area contributed by atoms with Gasteiger partial charge in [0.1, 0.15) is 6.04 Å². The number of carbonyl (C=O) groups is 2. The number of rotatable bonds is 3. The van der Waals surface area contributed by atoms with E-state index in [0.29, 0.717) is 5.92 Å². The molecule has 2 N–H and O–H groups in total. The highest BCUT2D eigenvalue weighted by molar-refractivity contribution is 5.82. The van der Waals surface area contributed by atoms with Crippen LogP contribution in [0.15, 0.2) is 0 Å². The third-order valence-corrected chi connectivity index (χ3v) is 2.92. The van der Waals surface area contributed by atoms with Crippen LogP contribution >= 0.6 is 0 Å². The fourth-order valence-electron chi connectivity index (χ4n) is 1.86. The lowest BCUT2D eigenvalue weighted by molar-refractivity contribution is -0.140. The summed E-state index contributed by atoms with van der Waals surface area (Å²) in [5.74, 6) is -0.579. The monoisotopic (exact) mass is 228 g/mol. The predicted molar refractivity (Wildman–Crippen MR) is 60.1 cm³/mol. The fraction of sp³-hybridized carbons (Fsp3) is 0.818. The molecule has 0 aromatic heterocycles. The van der Waals surface area contributed by atoms with Gasteiger partial charge < -0.3 is 15.3 Å². The summed E-state index contributed by atoms with van der Waals surface area (Å²) in [6.45, 7) is 7.09. The summed E-state index contributed by atoms with van der Waals surface area (Å²) in [6.07, 6.45) is 0.993. The number of carbonyl (C=O) groups excluding carboxylic acids is 1. The molecule has 16 heavy (non-hydrogen) atoms. The van der Waals surface area contributed by atoms with E-state index in [2.05, 4.69) is 12.2 Å². The minimum absolute atomic E-state index is 0.110. The Kier molecular flexibility index (Phi) is 4.15. The van der Waals surface area contributed by atoms with Gasteiger partial charge in [0.05, 0.1) is 0 Å². The van der Waals surface area contributed by atoms with Crippen LogP contribution in [-0.4, -0.2) is 41.1 Å². The van der Waals surface area contributed by atoms with Crippen LogP contribution in [0, 0.1) is 11.8 Å². The lowest BCUT2D eigenvalue weighted by atomic mass is 10.1. The van der Waals surface area contributed by atoms with Crippen molar-refractivity contribution in [2.75, 3.05) is 13.1 Å². The molecular formula is C11H20N2O3. The molecule has 1 aliphatic heterocycles. The summed E-state index contributed by atoms with van der Waals surface area (Å²) in [4.78, 5) is 24.4. The van der Waals surface area contributed by atoms with E-state index < -0.39 is 12.0 Å². The van der Waals surface area contributed by atoms with Gasteiger partial charge in [-0.1, -0.05) is 20.8 Å². The van der Waals surface area contributed by atoms with E-state index in [4.69, 9.17) is 5.11 Å². The second-order valence-electron chi connectivity index (χ2n) is 4.85. The van der Waals surface area contributed by atoms with Crippen molar-refractivity contribution in [3.8, 4) is 0 Å². The van der Waals surface area contributed by atoms with Crippen LogP contribution in [-0.2, 0) is 4.79 Å². The molecule has 2 amide bonds. The van der Waals surface area contributed by atoms with Crippen molar-refractivity contribution in [1.29, 1.82) is 0 Å². The maximum atomic E-state index is 11.8. The smallest absolute Gasteiger partial charge is 0.326 e. The van der Waals surface area contributed by atoms with Crippen molar-refractivity contribution in [2.45, 2.75) is 33.2 Å². The first kappa shape index (κ1) is 12.8. The second kappa shape index (κ2) is 5.18. The minimum atomic E-state index is -0.976. The molecule has 2 unspecified atom stereocenters. The molecule has 0 spiro atoms. The van der Waals surface area contributed by atoms with E-state index in [1.165, 1.54) is 0 Å². The third kappa shape index (κ3) is 3.12. The zero-order valence-electron chi connectivity index (χ0n) is 10.1. The van der Waals surface area contributed by atoms with Crippen LogP contribution < -0.4 is 5.32 Å². The summed E-state index contributed by atoms with van der Waals surface area (Å²) >= 11 is 0. The van der Waals surface area contributed by atoms with E-state index >= 15 is 0 Å². The second-order valence-corrected chi connectivity index (χ2v) is 4.85. The number of likely N-dealkylation sites (tertiary alicyclic amines) is 1. The molecule has 0 saturated carbocycles. The first-order valence-electron chi connectivity index (χ1n) is 5.70. The lowest BCUT2D eigenvalue weighted by Gasteiger charge is -2.22. The summed E-state index contributed by atoms with van der Waals surface area (Å²) in [5, 5.41) is 11.5. The number of hydrogen-bond donors (Lipinski definition) is 2. The molecule has 5 nitrogen and oxygen atoms in total. The Labute approximate surface area is 95.8 Å². The van der Waals surface area contributed by atoms with Gasteiger partial charge in [-0.3, -0.25) is 0 Å². The highest BCUT2D eigenvalue weighted by atomic mass is 16.4. The van der Waals surface area contributed by atoms with Crippen molar-refractivity contribution < 1.29 is 14.7 Å². The van der Waals surface area contributed by atoms with Crippen molar-refractivity contribution in [3.05, 3.63) is 0 Å². The van der Waals surface area contributed by atoms with Crippen LogP contribution in [0.5, 0.6) is 0 Å². The Morgan fingerprint density at radius 1 is 1.44 bits per heavy atom. The summed E-state index contributed by atoms with van der Waals surface area (Å²) in [5.41, 5.74) is 0. The Bertz CT molecular complexity index is 278. The average molecular weight is 228 g/mol. The van der Waals surface area contributed by atoms with Gasteiger partial charge in [-0.15, -0.1) is 0 Å². The van der Waals surface area contributed by atoms with Gasteiger partial charge in [0.2, 0.25) is 0 Å². The molecule has 1 saturated heterocycles. The summed E-state index contributed by atoms with van der Waals surface area (Å²) in [7, 11) is 0. The van der Waals surface area contributed by atoms with Crippen LogP contribution in [0.1, 0.15) is 27.2 Å². The quantitative estimate of drug-likeness (QED) is 0.761. The van der Waals surface area contributed by atoms with Gasteiger partial charge in [-0.2, -0.15) is 0 Å². The molecule has 0 radical (unpaired) electrons. The number of carboxylic acids is 1. The van der Waals surface area contributed by atoms with Gasteiger partial charge >= 0.3 is 12.0 Å². The molecule has 0 aliphatic carbocycles. The van der Waals surface area contributed by atoms with Crippen molar-refractivity contribution in [2.24, 2.45) is 11.8 Å². The first-order chi connectivity index (χ1) is 7.41. The van der Waals surface area contributed by atoms with Crippen LogP contribution in [0.2, 0.25) is 0 Å². The molecule has 0 bridgehead atoms. The number of hydrogen-bond acceptors (Lipinski definition) is 2. The van der Waals surface area contributed by atoms with E-state index in [0.717, 1.165) is 19.5 Å². The van der Waals surface area contributed by atoms with Crippen molar-refractivity contribution in [1.82, 2.24) is 10.2 Å². The van der Waals surface area contributed by atoms with Gasteiger partial charge in [-0.05, 0) is 18.3 Å². The SMILES string of the molecule is CC1CCN(C(=O)NC(C(=O)O)C(C)C)C1. The Balaban J connectivity index is 2.52. The Morgan fingerprint density at radius 3 is 2.44 bits per heavy atom. The fourth-order valence-corrected chi connectivity index (χ4v) is 1.86. The standard InChI is InChI=1S/C11H20N2O3/c1-7(2)9(10(14)15)12-11(16)13-5-4-8(3)6-13/h7-9H,4-6H2,1-3H3,(H,12,16)(H,14,15). The number of carboxylic acid groups (broad SMARTS) is 1. The van der Waals surface area contributed by atoms with Crippen molar-refractivity contribution in [3.63, 3.8) is 0 Å². The first-order valence-corrected chi connectivity index (χ1v) is 5.70. The largest absolute Gasteiger partial charge is 0.480 e. The predicted octanol–water partition coefficient (Wildman–Crippen LogP) is 1.15. The van der Waals surface area contributed by atoms with Gasteiger partial charge in [0.15, 0.2) is 0 Å². The van der Waals surface area contributed by atoms with E-state index in [-0.39, 0.29) is 11.9 Å². The molecular weight excluding hydrogens is 208 g/mol. The summed E-state index contributed by atoms with van der Waals surface area (Å²) < 4.78 is 0. The molecule has 1 rings (SSSR count). The Hall–Kier alpha value is -1.26. The van der Waals surface area contributed by atoms with Crippen LogP contribution in [0.3, 0.4) is 0 Å². The third-order valence-electron chi connectivity index (χ3n) is 2.92. The molecule has 92 valence electrons. The molecule has 2 atom stereocenters. The average Bonchev–Trinajstić information content (AvgIpc) is 2.59. The number of urea groups is 1. The molecule has 1 aliphatic rings. The van der Waals surface area contributed by atoms with Crippen LogP contribution in [0.25, 0.3) is 0 Å². The van der Waals surface area contributed by atoms with E-state index in [1.54, 1.807) is 18.7 Å². The molecule has 0 aromatic rings. The summed E-state index contributed by atoms with van der Waals surface area (Å²) in [6, 6.07) is -1.06. The lowest BCUT2D eigenvalue weighted by Crippen LogP contribution is -2.49. The molecule has 1 fully saturated rings. The van der Waals surface area contributed by atoms with Crippen molar-refractivity contribution >= 4 is 12.0 Å². The number of nitrogens with one attached hydrogen (secondary N) is 1. The van der Waals surface area contributed by atoms with Gasteiger partial charge in [0, 0.05) is 13.1 Å². The van der Waals surface area contributed by atoms with Gasteiger partial charge in [0.25, 0.3) is 0 Å². The minimum Gasteiger partial charge on any atom is -0.480 e. The Morgan fingerprint density at radius 2 is 2.06 bits per heavy atom.